The molecule has 0 saturated carbocycles. The fourth-order valence-corrected chi connectivity index (χ4v) is 5.87. The van der Waals surface area contributed by atoms with E-state index in [9.17, 15) is 0 Å². The highest BCUT2D eigenvalue weighted by atomic mass is 15.4. The third-order valence-electron chi connectivity index (χ3n) is 8.00. The van der Waals surface area contributed by atoms with Crippen molar-refractivity contribution in [2.75, 3.05) is 0 Å². The van der Waals surface area contributed by atoms with Gasteiger partial charge in [0.1, 0.15) is 5.69 Å². The van der Waals surface area contributed by atoms with E-state index in [0.717, 1.165) is 29.8 Å². The number of aryl methyl sites for hydroxylation is 1. The van der Waals surface area contributed by atoms with Crippen LogP contribution in [0.2, 0.25) is 0 Å². The van der Waals surface area contributed by atoms with E-state index in [1.54, 1.807) is 0 Å². The molecule has 0 aliphatic carbocycles. The molecule has 37 heavy (non-hydrogen) atoms. The van der Waals surface area contributed by atoms with Gasteiger partial charge in [0.2, 0.25) is 5.69 Å². The number of fused-ring (bicyclic) bond motifs is 3. The fraction of sp³-hybridized carbons (Fsp3) is 0.182. The van der Waals surface area contributed by atoms with Gasteiger partial charge in [0.05, 0.1) is 17.4 Å². The van der Waals surface area contributed by atoms with E-state index in [0.29, 0.717) is 0 Å². The number of hydrogen-bond donors (Lipinski definition) is 0. The maximum absolute atomic E-state index is 4.60. The van der Waals surface area contributed by atoms with Crippen molar-refractivity contribution in [3.63, 3.8) is 0 Å². The van der Waals surface area contributed by atoms with Crippen molar-refractivity contribution in [3.8, 4) is 39.3 Å². The second-order valence-corrected chi connectivity index (χ2v) is 9.85. The van der Waals surface area contributed by atoms with Gasteiger partial charge in [0.25, 0.3) is 0 Å². The summed E-state index contributed by atoms with van der Waals surface area (Å²) in [5.74, 6) is 0. The third kappa shape index (κ3) is 3.63. The lowest BCUT2D eigenvalue weighted by Crippen LogP contribution is -2.59. The van der Waals surface area contributed by atoms with E-state index in [1.807, 2.05) is 16.9 Å². The van der Waals surface area contributed by atoms with Crippen LogP contribution in [0.15, 0.2) is 104 Å². The molecule has 1 aliphatic heterocycles. The van der Waals surface area contributed by atoms with Crippen molar-refractivity contribution in [3.05, 3.63) is 115 Å². The zero-order valence-electron chi connectivity index (χ0n) is 21.6. The Balaban J connectivity index is 1.42. The Hall–Kier alpha value is -4.31. The van der Waals surface area contributed by atoms with E-state index in [4.69, 9.17) is 0 Å². The van der Waals surface area contributed by atoms with Crippen LogP contribution in [0.4, 0.5) is 0 Å². The lowest BCUT2D eigenvalue weighted by atomic mass is 9.75. The second-order valence-electron chi connectivity index (χ2n) is 9.85. The number of benzene rings is 3. The third-order valence-corrected chi connectivity index (χ3v) is 8.00. The van der Waals surface area contributed by atoms with E-state index < -0.39 is 0 Å². The van der Waals surface area contributed by atoms with Crippen LogP contribution in [0.5, 0.6) is 0 Å². The summed E-state index contributed by atoms with van der Waals surface area (Å²) in [6.45, 7) is 11.3. The number of allylic oxidation sites excluding steroid dienone is 1. The molecule has 4 heteroatoms. The Labute approximate surface area is 218 Å². The summed E-state index contributed by atoms with van der Waals surface area (Å²) in [5.41, 5.74) is 11.2. The highest BCUT2D eigenvalue weighted by Crippen LogP contribution is 2.44. The Morgan fingerprint density at radius 1 is 0.811 bits per heavy atom. The van der Waals surface area contributed by atoms with Gasteiger partial charge < -0.3 is 0 Å². The monoisotopic (exact) mass is 483 g/mol. The number of nitrogens with zero attached hydrogens (tertiary/aromatic N) is 4. The highest BCUT2D eigenvalue weighted by molar-refractivity contribution is 5.85. The predicted molar refractivity (Wildman–Crippen MR) is 150 cm³/mol. The minimum atomic E-state index is -0.111. The first-order valence-corrected chi connectivity index (χ1v) is 13.0. The molecule has 0 amide bonds. The number of rotatable bonds is 5. The van der Waals surface area contributed by atoms with Crippen molar-refractivity contribution in [2.45, 2.75) is 39.2 Å². The van der Waals surface area contributed by atoms with Gasteiger partial charge in [-0.2, -0.15) is 4.57 Å². The van der Waals surface area contributed by atoms with Gasteiger partial charge in [0.15, 0.2) is 11.7 Å². The highest BCUT2D eigenvalue weighted by Gasteiger charge is 2.47. The van der Waals surface area contributed by atoms with Crippen LogP contribution >= 0.6 is 0 Å². The standard InChI is InChI=1S/C33H31N4/c1-5-33(6-2)24(4)29-18-17-28(21-30(29)32-23(3)12-11-19-36(32)33)37-22-31(34-35-37)27-16-10-15-26(20-27)25-13-8-7-9-14-25/h7-22H,4-6H2,1-3H3/q+1. The van der Waals surface area contributed by atoms with E-state index >= 15 is 0 Å². The lowest BCUT2D eigenvalue weighted by molar-refractivity contribution is -0.741. The first kappa shape index (κ1) is 23.1. The zero-order valence-corrected chi connectivity index (χ0v) is 21.6. The minimum absolute atomic E-state index is 0.111. The number of hydrogen-bond acceptors (Lipinski definition) is 2. The lowest BCUT2D eigenvalue weighted by Gasteiger charge is -2.35. The summed E-state index contributed by atoms with van der Waals surface area (Å²) in [6, 6.07) is 29.8. The first-order valence-electron chi connectivity index (χ1n) is 13.0. The normalized spacial score (nSPS) is 13.8. The van der Waals surface area contributed by atoms with E-state index in [-0.39, 0.29) is 5.54 Å². The molecule has 0 fully saturated rings. The molecule has 0 unspecified atom stereocenters. The molecule has 4 nitrogen and oxygen atoms in total. The Morgan fingerprint density at radius 2 is 1.57 bits per heavy atom. The second kappa shape index (κ2) is 8.97. The zero-order chi connectivity index (χ0) is 25.6. The first-order chi connectivity index (χ1) is 18.1. The molecule has 0 atom stereocenters. The molecule has 0 spiro atoms. The average molecular weight is 484 g/mol. The van der Waals surface area contributed by atoms with Crippen molar-refractivity contribution in [1.82, 2.24) is 15.0 Å². The van der Waals surface area contributed by atoms with Crippen LogP contribution in [0.1, 0.15) is 37.8 Å². The Kier molecular flexibility index (Phi) is 5.60. The van der Waals surface area contributed by atoms with Crippen LogP contribution in [-0.2, 0) is 5.54 Å². The Bertz CT molecular complexity index is 1620. The maximum Gasteiger partial charge on any atom is 0.216 e. The van der Waals surface area contributed by atoms with Crippen molar-refractivity contribution >= 4 is 5.57 Å². The summed E-state index contributed by atoms with van der Waals surface area (Å²) in [6.07, 6.45) is 6.22. The molecule has 5 aromatic rings. The summed E-state index contributed by atoms with van der Waals surface area (Å²) in [5, 5.41) is 9.04. The molecule has 6 rings (SSSR count). The van der Waals surface area contributed by atoms with Crippen LogP contribution in [0, 0.1) is 6.92 Å². The molecule has 3 aromatic carbocycles. The van der Waals surface area contributed by atoms with Crippen molar-refractivity contribution in [1.29, 1.82) is 0 Å². The van der Waals surface area contributed by atoms with Crippen LogP contribution in [0.3, 0.4) is 0 Å². The summed E-state index contributed by atoms with van der Waals surface area (Å²) in [7, 11) is 0. The molecule has 0 bridgehead atoms. The van der Waals surface area contributed by atoms with E-state index in [2.05, 4.69) is 127 Å². The van der Waals surface area contributed by atoms with Gasteiger partial charge in [-0.3, -0.25) is 0 Å². The quantitative estimate of drug-likeness (QED) is 0.244. The number of pyridine rings is 1. The predicted octanol–water partition coefficient (Wildman–Crippen LogP) is 7.41. The molecule has 2 aromatic heterocycles. The fourth-order valence-electron chi connectivity index (χ4n) is 5.87. The largest absolute Gasteiger partial charge is 0.220 e. The van der Waals surface area contributed by atoms with Gasteiger partial charge in [-0.25, -0.2) is 4.68 Å². The van der Waals surface area contributed by atoms with Crippen molar-refractivity contribution < 1.29 is 4.57 Å². The Morgan fingerprint density at radius 3 is 2.35 bits per heavy atom. The topological polar surface area (TPSA) is 34.6 Å². The molecule has 0 radical (unpaired) electrons. The van der Waals surface area contributed by atoms with Crippen LogP contribution in [0.25, 0.3) is 44.9 Å². The van der Waals surface area contributed by atoms with Gasteiger partial charge in [-0.05, 0) is 47.9 Å². The minimum Gasteiger partial charge on any atom is -0.220 e. The molecule has 182 valence electrons. The molecular formula is C33H31N4+. The van der Waals surface area contributed by atoms with Gasteiger partial charge in [0, 0.05) is 35.6 Å². The molecule has 3 heterocycles. The van der Waals surface area contributed by atoms with Gasteiger partial charge in [-0.15, -0.1) is 5.10 Å². The molecule has 1 aliphatic rings. The molecular weight excluding hydrogens is 452 g/mol. The summed E-state index contributed by atoms with van der Waals surface area (Å²) in [4.78, 5) is 0. The molecule has 0 saturated heterocycles. The van der Waals surface area contributed by atoms with Crippen LogP contribution < -0.4 is 4.57 Å². The van der Waals surface area contributed by atoms with Crippen LogP contribution in [-0.4, -0.2) is 15.0 Å². The van der Waals surface area contributed by atoms with Gasteiger partial charge >= 0.3 is 0 Å². The summed E-state index contributed by atoms with van der Waals surface area (Å²) >= 11 is 0. The van der Waals surface area contributed by atoms with Gasteiger partial charge in [-0.1, -0.05) is 80.2 Å². The maximum atomic E-state index is 4.60. The average Bonchev–Trinajstić information content (AvgIpc) is 3.45. The molecule has 0 N–H and O–H groups in total. The smallest absolute Gasteiger partial charge is 0.216 e. The summed E-state index contributed by atoms with van der Waals surface area (Å²) < 4.78 is 4.32. The number of aromatic nitrogens is 4. The van der Waals surface area contributed by atoms with Crippen molar-refractivity contribution in [2.24, 2.45) is 0 Å². The van der Waals surface area contributed by atoms with E-state index in [1.165, 1.54) is 39.1 Å². The SMILES string of the molecule is C=C1c2ccc(-n3cc(-c4cccc(-c5ccccc5)c4)nn3)cc2-c2c(C)ccc[n+]2C1(CC)CC.